The van der Waals surface area contributed by atoms with Gasteiger partial charge in [0.05, 0.1) is 4.92 Å². The zero-order valence-electron chi connectivity index (χ0n) is 14.3. The number of halogens is 1. The van der Waals surface area contributed by atoms with Crippen molar-refractivity contribution >= 4 is 30.6 Å². The first-order valence-electron chi connectivity index (χ1n) is 7.48. The van der Waals surface area contributed by atoms with E-state index in [4.69, 9.17) is 25.4 Å². The molecule has 8 nitrogen and oxygen atoms in total. The molecule has 10 heteroatoms. The van der Waals surface area contributed by atoms with Crippen LogP contribution in [0.4, 0.5) is 11.4 Å². The molecule has 0 bridgehead atoms. The van der Waals surface area contributed by atoms with Crippen LogP contribution in [0.1, 0.15) is 6.92 Å². The van der Waals surface area contributed by atoms with Gasteiger partial charge in [-0.15, -0.1) is 0 Å². The van der Waals surface area contributed by atoms with Crippen LogP contribution in [0.25, 0.3) is 0 Å². The number of hydrogen-bond donors (Lipinski definition) is 1. The molecular weight excluding hydrogens is 383 g/mol. The van der Waals surface area contributed by atoms with E-state index in [0.717, 1.165) is 0 Å². The Morgan fingerprint density at radius 3 is 2.23 bits per heavy atom. The Kier molecular flexibility index (Phi) is 6.61. The largest absolute Gasteiger partial charge is 0.457 e. The first-order valence-corrected chi connectivity index (χ1v) is 9.47. The summed E-state index contributed by atoms with van der Waals surface area (Å²) in [5.74, 6) is 0.0565. The van der Waals surface area contributed by atoms with E-state index in [1.807, 2.05) is 0 Å². The molecule has 0 aliphatic rings. The Morgan fingerprint density at radius 1 is 1.12 bits per heavy atom. The molecule has 0 aliphatic carbocycles. The maximum absolute atomic E-state index is 12.4. The molecule has 1 unspecified atom stereocenters. The number of nitrogens with zero attached hydrogens (tertiary/aromatic N) is 1. The molecule has 140 valence electrons. The van der Waals surface area contributed by atoms with Crippen LogP contribution in [0.3, 0.4) is 0 Å². The molecule has 0 aromatic heterocycles. The molecule has 2 aromatic rings. The van der Waals surface area contributed by atoms with Crippen molar-refractivity contribution in [3.63, 3.8) is 0 Å². The van der Waals surface area contributed by atoms with Gasteiger partial charge in [-0.05, 0) is 37.3 Å². The van der Waals surface area contributed by atoms with Crippen molar-refractivity contribution in [2.24, 2.45) is 0 Å². The minimum Gasteiger partial charge on any atom is -0.457 e. The summed E-state index contributed by atoms with van der Waals surface area (Å²) >= 11 is 5.83. The molecule has 2 rings (SSSR count). The third-order valence-electron chi connectivity index (χ3n) is 3.56. The predicted molar refractivity (Wildman–Crippen MR) is 99.3 cm³/mol. The van der Waals surface area contributed by atoms with Crippen molar-refractivity contribution in [2.45, 2.75) is 12.7 Å². The highest BCUT2D eigenvalue weighted by molar-refractivity contribution is 7.54. The second-order valence-corrected chi connectivity index (χ2v) is 8.24. The number of hydrogen-bond acceptors (Lipinski definition) is 7. The summed E-state index contributed by atoms with van der Waals surface area (Å²) in [6, 6.07) is 10.9. The fourth-order valence-electron chi connectivity index (χ4n) is 2.19. The number of rotatable bonds is 8. The van der Waals surface area contributed by atoms with E-state index in [9.17, 15) is 14.7 Å². The molecular formula is C16H18ClN2O6P. The molecule has 0 saturated heterocycles. The molecule has 0 fully saturated rings. The first-order chi connectivity index (χ1) is 12.3. The van der Waals surface area contributed by atoms with Gasteiger partial charge in [0.15, 0.2) is 0 Å². The first kappa shape index (κ1) is 20.2. The van der Waals surface area contributed by atoms with Gasteiger partial charge in [-0.25, -0.2) is 0 Å². The summed E-state index contributed by atoms with van der Waals surface area (Å²) in [5, 5.41) is 14.7. The van der Waals surface area contributed by atoms with E-state index in [-0.39, 0.29) is 11.4 Å². The fourth-order valence-corrected chi connectivity index (χ4v) is 3.39. The van der Waals surface area contributed by atoms with Crippen LogP contribution in [0.5, 0.6) is 11.5 Å². The van der Waals surface area contributed by atoms with Gasteiger partial charge in [-0.3, -0.25) is 14.7 Å². The fraction of sp³-hybridized carbons (Fsp3) is 0.250. The van der Waals surface area contributed by atoms with Gasteiger partial charge >= 0.3 is 7.60 Å². The molecule has 0 spiro atoms. The van der Waals surface area contributed by atoms with Gasteiger partial charge in [-0.2, -0.15) is 0 Å². The average Bonchev–Trinajstić information content (AvgIpc) is 2.62. The third-order valence-corrected chi connectivity index (χ3v) is 5.91. The highest BCUT2D eigenvalue weighted by Crippen LogP contribution is 2.52. The smallest absolute Gasteiger partial charge is 0.351 e. The lowest BCUT2D eigenvalue weighted by atomic mass is 10.2. The number of nitrogens with one attached hydrogen (secondary N) is 1. The third kappa shape index (κ3) is 4.74. The lowest BCUT2D eigenvalue weighted by molar-refractivity contribution is -0.384. The van der Waals surface area contributed by atoms with E-state index in [1.54, 1.807) is 31.2 Å². The van der Waals surface area contributed by atoms with Gasteiger partial charge in [0.1, 0.15) is 23.0 Å². The molecule has 0 heterocycles. The summed E-state index contributed by atoms with van der Waals surface area (Å²) in [6.45, 7) is 1.55. The molecule has 1 atom stereocenters. The number of anilines is 1. The van der Waals surface area contributed by atoms with Gasteiger partial charge in [0.2, 0.25) is 0 Å². The molecule has 0 amide bonds. The monoisotopic (exact) mass is 400 g/mol. The van der Waals surface area contributed by atoms with Crippen molar-refractivity contribution < 1.29 is 23.3 Å². The van der Waals surface area contributed by atoms with E-state index >= 15 is 0 Å². The number of benzene rings is 2. The van der Waals surface area contributed by atoms with E-state index in [2.05, 4.69) is 5.32 Å². The van der Waals surface area contributed by atoms with Crippen LogP contribution in [0.15, 0.2) is 42.5 Å². The minimum atomic E-state index is -3.46. The summed E-state index contributed by atoms with van der Waals surface area (Å²) < 4.78 is 27.9. The molecule has 0 aliphatic heterocycles. The molecule has 26 heavy (non-hydrogen) atoms. The molecule has 2 aromatic carbocycles. The molecule has 1 N–H and O–H groups in total. The summed E-state index contributed by atoms with van der Waals surface area (Å²) in [4.78, 5) is 10.7. The lowest BCUT2D eigenvalue weighted by Gasteiger charge is -2.22. The van der Waals surface area contributed by atoms with Crippen molar-refractivity contribution in [2.75, 3.05) is 19.5 Å². The van der Waals surface area contributed by atoms with Crippen LogP contribution in [-0.2, 0) is 13.6 Å². The zero-order valence-corrected chi connectivity index (χ0v) is 16.0. The van der Waals surface area contributed by atoms with E-state index in [1.165, 1.54) is 32.4 Å². The predicted octanol–water partition coefficient (Wildman–Crippen LogP) is 5.28. The van der Waals surface area contributed by atoms with E-state index < -0.39 is 18.3 Å². The van der Waals surface area contributed by atoms with E-state index in [0.29, 0.717) is 16.5 Å². The summed E-state index contributed by atoms with van der Waals surface area (Å²) in [5.41, 5.74) is -0.0673. The highest BCUT2D eigenvalue weighted by Gasteiger charge is 2.31. The van der Waals surface area contributed by atoms with Gasteiger partial charge in [0, 0.05) is 31.4 Å². The normalized spacial score (nSPS) is 12.5. The highest BCUT2D eigenvalue weighted by atomic mass is 35.5. The van der Waals surface area contributed by atoms with Crippen LogP contribution < -0.4 is 10.1 Å². The second-order valence-electron chi connectivity index (χ2n) is 5.22. The topological polar surface area (TPSA) is 99.9 Å². The van der Waals surface area contributed by atoms with Crippen molar-refractivity contribution in [1.82, 2.24) is 0 Å². The Bertz CT molecular complexity index is 822. The van der Waals surface area contributed by atoms with Gasteiger partial charge in [-0.1, -0.05) is 11.6 Å². The molecule has 0 saturated carbocycles. The minimum absolute atomic E-state index is 0.128. The lowest BCUT2D eigenvalue weighted by Crippen LogP contribution is -2.18. The van der Waals surface area contributed by atoms with Gasteiger partial charge in [0.25, 0.3) is 5.69 Å². The van der Waals surface area contributed by atoms with Gasteiger partial charge < -0.3 is 19.1 Å². The van der Waals surface area contributed by atoms with Crippen LogP contribution >= 0.6 is 19.2 Å². The van der Waals surface area contributed by atoms with Crippen LogP contribution in [0.2, 0.25) is 5.02 Å². The van der Waals surface area contributed by atoms with Crippen LogP contribution in [0, 0.1) is 10.1 Å². The summed E-state index contributed by atoms with van der Waals surface area (Å²) in [6.07, 6.45) is 0. The zero-order chi connectivity index (χ0) is 19.3. The standard InChI is InChI=1S/C16H18ClN2O6P/c1-11(26(22,23-2)24-3)18-15-10-14(8-9-16(15)19(20)21)25-13-6-4-12(17)5-7-13/h4-11,18H,1-3H3. The Morgan fingerprint density at radius 2 is 1.69 bits per heavy atom. The van der Waals surface area contributed by atoms with Crippen molar-refractivity contribution in [1.29, 1.82) is 0 Å². The second kappa shape index (κ2) is 8.51. The Labute approximate surface area is 155 Å². The molecule has 0 radical (unpaired) electrons. The SMILES string of the molecule is COP(=O)(OC)C(C)Nc1cc(Oc2ccc(Cl)cc2)ccc1[N+](=O)[O-]. The summed E-state index contributed by atoms with van der Waals surface area (Å²) in [7, 11) is -0.970. The maximum atomic E-state index is 12.4. The quantitative estimate of drug-likeness (QED) is 0.365. The van der Waals surface area contributed by atoms with Crippen molar-refractivity contribution in [3.05, 3.63) is 57.6 Å². The average molecular weight is 401 g/mol. The maximum Gasteiger partial charge on any atom is 0.351 e. The number of nitro groups is 1. The van der Waals surface area contributed by atoms with Crippen molar-refractivity contribution in [3.8, 4) is 11.5 Å². The number of ether oxygens (including phenoxy) is 1. The Balaban J connectivity index is 2.32. The van der Waals surface area contributed by atoms with Crippen LogP contribution in [-0.4, -0.2) is 24.9 Å². The Hall–Kier alpha value is -2.12. The number of nitro benzene ring substituents is 1.